The summed E-state index contributed by atoms with van der Waals surface area (Å²) in [5.74, 6) is -0.446. The lowest BCUT2D eigenvalue weighted by Gasteiger charge is -2.35. The summed E-state index contributed by atoms with van der Waals surface area (Å²) < 4.78 is 12.8. The Balaban J connectivity index is 1.59. The van der Waals surface area contributed by atoms with E-state index in [1.165, 1.54) is 6.08 Å². The van der Waals surface area contributed by atoms with Crippen LogP contribution in [0.2, 0.25) is 5.02 Å². The van der Waals surface area contributed by atoms with Gasteiger partial charge in [0.25, 0.3) is 11.8 Å². The summed E-state index contributed by atoms with van der Waals surface area (Å²) in [5, 5.41) is 0.595. The number of para-hydroxylation sites is 2. The fraction of sp³-hybridized carbons (Fsp3) is 0.147. The van der Waals surface area contributed by atoms with Gasteiger partial charge in [-0.3, -0.25) is 9.59 Å². The van der Waals surface area contributed by atoms with Crippen LogP contribution in [0.3, 0.4) is 0 Å². The summed E-state index contributed by atoms with van der Waals surface area (Å²) in [6, 6.07) is 24.4. The van der Waals surface area contributed by atoms with Crippen LogP contribution in [0.4, 0.5) is 16.2 Å². The summed E-state index contributed by atoms with van der Waals surface area (Å²) in [5.41, 5.74) is 3.45. The molecule has 0 N–H and O–H groups in total. The first kappa shape index (κ1) is 30.3. The molecule has 4 aromatic carbocycles. The first-order valence-corrected chi connectivity index (χ1v) is 15.0. The summed E-state index contributed by atoms with van der Waals surface area (Å²) in [4.78, 5) is 43.8. The molecule has 1 aliphatic heterocycles. The van der Waals surface area contributed by atoms with Gasteiger partial charge in [-0.2, -0.15) is 0 Å². The molecule has 4 aromatic rings. The molecule has 1 saturated heterocycles. The summed E-state index contributed by atoms with van der Waals surface area (Å²) in [6.45, 7) is 6.08. The van der Waals surface area contributed by atoms with Gasteiger partial charge in [0, 0.05) is 10.6 Å². The molecular formula is C34H28ClIN2O5. The Kier molecular flexibility index (Phi) is 9.17. The van der Waals surface area contributed by atoms with Crippen molar-refractivity contribution in [3.05, 3.63) is 121 Å². The zero-order valence-electron chi connectivity index (χ0n) is 23.8. The number of carbonyl (C=O) groups excluding carboxylic acids is 3. The maximum atomic E-state index is 13.9. The highest BCUT2D eigenvalue weighted by molar-refractivity contribution is 14.1. The molecule has 1 fully saturated rings. The molecular weight excluding hydrogens is 679 g/mol. The van der Waals surface area contributed by atoms with Crippen LogP contribution in [0.25, 0.3) is 6.08 Å². The van der Waals surface area contributed by atoms with E-state index in [2.05, 4.69) is 22.6 Å². The summed E-state index contributed by atoms with van der Waals surface area (Å²) in [6.07, 6.45) is 1.50. The molecule has 9 heteroatoms. The van der Waals surface area contributed by atoms with Crippen LogP contribution >= 0.6 is 34.2 Å². The molecule has 1 aliphatic rings. The number of benzene rings is 4. The third kappa shape index (κ3) is 6.16. The van der Waals surface area contributed by atoms with Crippen molar-refractivity contribution in [2.45, 2.75) is 27.4 Å². The molecule has 0 bridgehead atoms. The largest absolute Gasteiger partial charge is 0.490 e. The highest BCUT2D eigenvalue weighted by Crippen LogP contribution is 2.37. The topological polar surface area (TPSA) is 76.2 Å². The lowest BCUT2D eigenvalue weighted by atomic mass is 10.0. The number of hydrogen-bond donors (Lipinski definition) is 0. The van der Waals surface area contributed by atoms with Crippen molar-refractivity contribution in [1.29, 1.82) is 0 Å². The number of hydrogen-bond acceptors (Lipinski definition) is 5. The number of urea groups is 1. The minimum Gasteiger partial charge on any atom is -0.490 e. The van der Waals surface area contributed by atoms with Crippen molar-refractivity contribution in [2.75, 3.05) is 16.4 Å². The highest BCUT2D eigenvalue weighted by atomic mass is 127. The standard InChI is InChI=1S/C34H28ClIN2O5/c1-4-42-30-19-23(18-27(36)31(30)43-20-24-13-7-8-14-26(24)35)17-25-32(39)37(28-15-9-5-11-21(28)2)34(41)38(33(25)40)29-16-10-6-12-22(29)3/h5-19H,4,20H2,1-3H3. The number of amides is 4. The van der Waals surface area contributed by atoms with Gasteiger partial charge in [0.15, 0.2) is 11.5 Å². The predicted octanol–water partition coefficient (Wildman–Crippen LogP) is 8.12. The molecule has 0 spiro atoms. The van der Waals surface area contributed by atoms with E-state index in [1.54, 1.807) is 42.5 Å². The van der Waals surface area contributed by atoms with Gasteiger partial charge in [-0.1, -0.05) is 66.2 Å². The van der Waals surface area contributed by atoms with Crippen LogP contribution in [-0.4, -0.2) is 24.5 Å². The van der Waals surface area contributed by atoms with E-state index in [0.717, 1.165) is 26.5 Å². The number of halogens is 2. The van der Waals surface area contributed by atoms with Gasteiger partial charge in [-0.25, -0.2) is 14.6 Å². The SMILES string of the molecule is CCOc1cc(C=C2C(=O)N(c3ccccc3C)C(=O)N(c3ccccc3C)C2=O)cc(I)c1OCc1ccccc1Cl. The Morgan fingerprint density at radius 3 is 1.91 bits per heavy atom. The van der Waals surface area contributed by atoms with Crippen LogP contribution in [0.1, 0.15) is 29.2 Å². The quantitative estimate of drug-likeness (QED) is 0.105. The van der Waals surface area contributed by atoms with Gasteiger partial charge in [0.1, 0.15) is 12.2 Å². The summed E-state index contributed by atoms with van der Waals surface area (Å²) in [7, 11) is 0. The van der Waals surface area contributed by atoms with Gasteiger partial charge in [0.2, 0.25) is 0 Å². The maximum absolute atomic E-state index is 13.9. The molecule has 5 rings (SSSR count). The Morgan fingerprint density at radius 1 is 0.791 bits per heavy atom. The van der Waals surface area contributed by atoms with Crippen LogP contribution in [0, 0.1) is 17.4 Å². The lowest BCUT2D eigenvalue weighted by molar-refractivity contribution is -0.121. The fourth-order valence-corrected chi connectivity index (χ4v) is 5.76. The Hall–Kier alpha value is -4.15. The molecule has 0 aromatic heterocycles. The Morgan fingerprint density at radius 2 is 1.35 bits per heavy atom. The van der Waals surface area contributed by atoms with Crippen LogP contribution in [-0.2, 0) is 16.2 Å². The van der Waals surface area contributed by atoms with Crippen molar-refractivity contribution in [1.82, 2.24) is 0 Å². The number of ether oxygens (including phenoxy) is 2. The van der Waals surface area contributed by atoms with Crippen molar-refractivity contribution in [2.24, 2.45) is 0 Å². The average molecular weight is 707 g/mol. The van der Waals surface area contributed by atoms with E-state index in [1.807, 2.05) is 63.2 Å². The minimum atomic E-state index is -0.733. The number of aryl methyl sites for hydroxylation is 2. The monoisotopic (exact) mass is 706 g/mol. The lowest BCUT2D eigenvalue weighted by Crippen LogP contribution is -2.57. The fourth-order valence-electron chi connectivity index (χ4n) is 4.79. The van der Waals surface area contributed by atoms with E-state index in [-0.39, 0.29) is 12.2 Å². The van der Waals surface area contributed by atoms with Crippen molar-refractivity contribution in [3.8, 4) is 11.5 Å². The van der Waals surface area contributed by atoms with Crippen LogP contribution in [0.5, 0.6) is 11.5 Å². The predicted molar refractivity (Wildman–Crippen MR) is 177 cm³/mol. The molecule has 7 nitrogen and oxygen atoms in total. The number of imide groups is 2. The van der Waals surface area contributed by atoms with E-state index in [0.29, 0.717) is 43.6 Å². The molecule has 4 amide bonds. The number of nitrogens with zero attached hydrogens (tertiary/aromatic N) is 2. The third-order valence-electron chi connectivity index (χ3n) is 6.93. The molecule has 0 unspecified atom stereocenters. The second-order valence-electron chi connectivity index (χ2n) is 9.84. The van der Waals surface area contributed by atoms with E-state index in [4.69, 9.17) is 21.1 Å². The second kappa shape index (κ2) is 13.0. The molecule has 1 heterocycles. The first-order valence-electron chi connectivity index (χ1n) is 13.6. The molecule has 43 heavy (non-hydrogen) atoms. The van der Waals surface area contributed by atoms with E-state index >= 15 is 0 Å². The van der Waals surface area contributed by atoms with Crippen LogP contribution < -0.4 is 19.3 Å². The molecule has 0 atom stereocenters. The normalized spacial score (nSPS) is 13.4. The first-order chi connectivity index (χ1) is 20.7. The van der Waals surface area contributed by atoms with Crippen LogP contribution in [0.15, 0.2) is 90.5 Å². The van der Waals surface area contributed by atoms with Gasteiger partial charge < -0.3 is 9.47 Å². The number of barbiturate groups is 1. The number of carbonyl (C=O) groups is 3. The van der Waals surface area contributed by atoms with Crippen molar-refractivity contribution in [3.63, 3.8) is 0 Å². The highest BCUT2D eigenvalue weighted by Gasteiger charge is 2.44. The van der Waals surface area contributed by atoms with Gasteiger partial charge >= 0.3 is 6.03 Å². The zero-order chi connectivity index (χ0) is 30.7. The van der Waals surface area contributed by atoms with Gasteiger partial charge in [-0.15, -0.1) is 0 Å². The Bertz CT molecular complexity index is 1700. The Labute approximate surface area is 268 Å². The van der Waals surface area contributed by atoms with E-state index < -0.39 is 17.8 Å². The number of anilines is 2. The van der Waals surface area contributed by atoms with Crippen molar-refractivity contribution >= 4 is 69.5 Å². The molecule has 0 aliphatic carbocycles. The average Bonchev–Trinajstić information content (AvgIpc) is 2.98. The minimum absolute atomic E-state index is 0.158. The molecule has 218 valence electrons. The van der Waals surface area contributed by atoms with Crippen molar-refractivity contribution < 1.29 is 23.9 Å². The molecule has 0 saturated carbocycles. The summed E-state index contributed by atoms with van der Waals surface area (Å²) >= 11 is 8.45. The van der Waals surface area contributed by atoms with Gasteiger partial charge in [0.05, 0.1) is 21.6 Å². The second-order valence-corrected chi connectivity index (χ2v) is 11.4. The molecule has 0 radical (unpaired) electrons. The third-order valence-corrected chi connectivity index (χ3v) is 8.10. The number of rotatable bonds is 8. The van der Waals surface area contributed by atoms with Gasteiger partial charge in [-0.05, 0) is 96.5 Å². The maximum Gasteiger partial charge on any atom is 0.343 e. The van der Waals surface area contributed by atoms with E-state index in [9.17, 15) is 14.4 Å². The smallest absolute Gasteiger partial charge is 0.343 e. The zero-order valence-corrected chi connectivity index (χ0v) is 26.7.